The van der Waals surface area contributed by atoms with Crippen molar-refractivity contribution in [2.75, 3.05) is 0 Å². The van der Waals surface area contributed by atoms with E-state index >= 15 is 0 Å². The van der Waals surface area contributed by atoms with Crippen LogP contribution in [-0.2, 0) is 9.47 Å². The van der Waals surface area contributed by atoms with Crippen molar-refractivity contribution in [1.82, 2.24) is 0 Å². The summed E-state index contributed by atoms with van der Waals surface area (Å²) in [4.78, 5) is 0. The van der Waals surface area contributed by atoms with E-state index in [0.29, 0.717) is 17.6 Å². The molecule has 1 saturated carbocycles. The SMILES string of the molecule is CCC(OC1C=C(Cl)C(O)CC1)OC1CCCCC1. The van der Waals surface area contributed by atoms with Crippen molar-refractivity contribution in [1.29, 1.82) is 0 Å². The van der Waals surface area contributed by atoms with Crippen LogP contribution in [0, 0.1) is 0 Å². The van der Waals surface area contributed by atoms with Crippen LogP contribution in [0.2, 0.25) is 0 Å². The maximum atomic E-state index is 9.56. The number of aliphatic hydroxyl groups is 1. The van der Waals surface area contributed by atoms with Crippen LogP contribution in [0.25, 0.3) is 0 Å². The van der Waals surface area contributed by atoms with Gasteiger partial charge in [0.25, 0.3) is 0 Å². The predicted molar refractivity (Wildman–Crippen MR) is 76.1 cm³/mol. The zero-order valence-corrected chi connectivity index (χ0v) is 12.4. The molecule has 0 radical (unpaired) electrons. The highest BCUT2D eigenvalue weighted by molar-refractivity contribution is 6.30. The quantitative estimate of drug-likeness (QED) is 0.783. The number of ether oxygens (including phenoxy) is 2. The second kappa shape index (κ2) is 7.63. The van der Waals surface area contributed by atoms with Crippen LogP contribution in [0.5, 0.6) is 0 Å². The van der Waals surface area contributed by atoms with Gasteiger partial charge < -0.3 is 14.6 Å². The first-order valence-corrected chi connectivity index (χ1v) is 7.93. The van der Waals surface area contributed by atoms with Gasteiger partial charge in [-0.25, -0.2) is 0 Å². The molecule has 2 aliphatic carbocycles. The molecule has 1 fully saturated rings. The maximum absolute atomic E-state index is 9.56. The van der Waals surface area contributed by atoms with Crippen molar-refractivity contribution in [3.8, 4) is 0 Å². The monoisotopic (exact) mass is 288 g/mol. The van der Waals surface area contributed by atoms with Gasteiger partial charge in [0.2, 0.25) is 0 Å². The van der Waals surface area contributed by atoms with Gasteiger partial charge >= 0.3 is 0 Å². The highest BCUT2D eigenvalue weighted by Gasteiger charge is 2.24. The van der Waals surface area contributed by atoms with Crippen LogP contribution in [0.3, 0.4) is 0 Å². The molecule has 0 aromatic heterocycles. The number of hydrogen-bond donors (Lipinski definition) is 1. The summed E-state index contributed by atoms with van der Waals surface area (Å²) in [6.45, 7) is 2.08. The summed E-state index contributed by atoms with van der Waals surface area (Å²) in [5.74, 6) is 0. The summed E-state index contributed by atoms with van der Waals surface area (Å²) >= 11 is 5.97. The topological polar surface area (TPSA) is 38.7 Å². The molecule has 3 nitrogen and oxygen atoms in total. The van der Waals surface area contributed by atoms with Crippen LogP contribution in [0.1, 0.15) is 58.3 Å². The first-order chi connectivity index (χ1) is 9.19. The van der Waals surface area contributed by atoms with Crippen molar-refractivity contribution in [3.05, 3.63) is 11.1 Å². The number of rotatable bonds is 5. The van der Waals surface area contributed by atoms with Crippen molar-refractivity contribution in [3.63, 3.8) is 0 Å². The van der Waals surface area contributed by atoms with E-state index in [1.807, 2.05) is 6.08 Å². The van der Waals surface area contributed by atoms with E-state index in [9.17, 15) is 5.11 Å². The third-order valence-corrected chi connectivity index (χ3v) is 4.32. The molecular formula is C15H25ClO3. The molecule has 2 rings (SSSR count). The normalized spacial score (nSPS) is 31.0. The largest absolute Gasteiger partial charge is 0.388 e. The molecular weight excluding hydrogens is 264 g/mol. The molecule has 0 aliphatic heterocycles. The third-order valence-electron chi connectivity index (χ3n) is 3.94. The molecule has 4 heteroatoms. The lowest BCUT2D eigenvalue weighted by molar-refractivity contribution is -0.194. The molecule has 0 heterocycles. The Morgan fingerprint density at radius 3 is 2.58 bits per heavy atom. The minimum Gasteiger partial charge on any atom is -0.388 e. The average molecular weight is 289 g/mol. The van der Waals surface area contributed by atoms with Crippen LogP contribution < -0.4 is 0 Å². The fourth-order valence-electron chi connectivity index (χ4n) is 2.77. The fraction of sp³-hybridized carbons (Fsp3) is 0.867. The van der Waals surface area contributed by atoms with E-state index in [-0.39, 0.29) is 12.4 Å². The lowest BCUT2D eigenvalue weighted by Crippen LogP contribution is -2.31. The van der Waals surface area contributed by atoms with Gasteiger partial charge in [0.15, 0.2) is 6.29 Å². The Morgan fingerprint density at radius 1 is 1.21 bits per heavy atom. The van der Waals surface area contributed by atoms with Gasteiger partial charge in [-0.1, -0.05) is 37.8 Å². The minimum atomic E-state index is -0.513. The van der Waals surface area contributed by atoms with Gasteiger partial charge in [0, 0.05) is 5.03 Å². The van der Waals surface area contributed by atoms with Crippen LogP contribution in [0.4, 0.5) is 0 Å². The first kappa shape index (κ1) is 15.3. The van der Waals surface area contributed by atoms with Gasteiger partial charge in [-0.05, 0) is 38.2 Å². The van der Waals surface area contributed by atoms with Gasteiger partial charge in [-0.2, -0.15) is 0 Å². The molecule has 0 saturated heterocycles. The maximum Gasteiger partial charge on any atom is 0.158 e. The van der Waals surface area contributed by atoms with E-state index in [1.165, 1.54) is 19.3 Å². The Morgan fingerprint density at radius 2 is 1.95 bits per heavy atom. The van der Waals surface area contributed by atoms with E-state index in [2.05, 4.69) is 6.92 Å². The molecule has 110 valence electrons. The van der Waals surface area contributed by atoms with E-state index in [4.69, 9.17) is 21.1 Å². The number of hydrogen-bond acceptors (Lipinski definition) is 3. The Balaban J connectivity index is 1.81. The summed E-state index contributed by atoms with van der Waals surface area (Å²) < 4.78 is 12.0. The average Bonchev–Trinajstić information content (AvgIpc) is 2.43. The number of aliphatic hydroxyl groups excluding tert-OH is 1. The third kappa shape index (κ3) is 4.75. The standard InChI is InChI=1S/C15H25ClO3/c1-2-15(18-11-6-4-3-5-7-11)19-12-8-9-14(17)13(16)10-12/h10-12,14-15,17H,2-9H2,1H3. The molecule has 0 spiro atoms. The van der Waals surface area contributed by atoms with Crippen molar-refractivity contribution >= 4 is 11.6 Å². The Hall–Kier alpha value is -0.0900. The van der Waals surface area contributed by atoms with Gasteiger partial charge in [-0.3, -0.25) is 0 Å². The Kier molecular flexibility index (Phi) is 6.14. The molecule has 0 bridgehead atoms. The highest BCUT2D eigenvalue weighted by Crippen LogP contribution is 2.27. The molecule has 19 heavy (non-hydrogen) atoms. The summed E-state index contributed by atoms with van der Waals surface area (Å²) in [7, 11) is 0. The predicted octanol–water partition coefficient (Wildman–Crippen LogP) is 3.73. The lowest BCUT2D eigenvalue weighted by atomic mass is 9.98. The van der Waals surface area contributed by atoms with Gasteiger partial charge in [0.1, 0.15) is 0 Å². The van der Waals surface area contributed by atoms with Crippen molar-refractivity contribution in [2.45, 2.75) is 82.9 Å². The summed E-state index contributed by atoms with van der Waals surface area (Å²) in [6.07, 6.45) is 9.98. The molecule has 0 aromatic carbocycles. The molecule has 3 atom stereocenters. The smallest absolute Gasteiger partial charge is 0.158 e. The Bertz CT molecular complexity index is 300. The lowest BCUT2D eigenvalue weighted by Gasteiger charge is -2.30. The van der Waals surface area contributed by atoms with Crippen molar-refractivity contribution in [2.24, 2.45) is 0 Å². The molecule has 0 amide bonds. The minimum absolute atomic E-state index is 0.0237. The molecule has 3 unspecified atom stereocenters. The summed E-state index contributed by atoms with van der Waals surface area (Å²) in [6, 6.07) is 0. The van der Waals surface area contributed by atoms with Gasteiger partial charge in [0.05, 0.1) is 18.3 Å². The van der Waals surface area contributed by atoms with E-state index in [1.54, 1.807) is 0 Å². The van der Waals surface area contributed by atoms with Crippen LogP contribution in [-0.4, -0.2) is 29.7 Å². The zero-order valence-electron chi connectivity index (χ0n) is 11.7. The van der Waals surface area contributed by atoms with Crippen LogP contribution in [0.15, 0.2) is 11.1 Å². The van der Waals surface area contributed by atoms with E-state index < -0.39 is 6.10 Å². The molecule has 0 aromatic rings. The number of halogens is 1. The second-order valence-electron chi connectivity index (χ2n) is 5.55. The second-order valence-corrected chi connectivity index (χ2v) is 5.99. The molecule has 1 N–H and O–H groups in total. The zero-order chi connectivity index (χ0) is 13.7. The van der Waals surface area contributed by atoms with Crippen molar-refractivity contribution < 1.29 is 14.6 Å². The van der Waals surface area contributed by atoms with E-state index in [0.717, 1.165) is 25.7 Å². The Labute approximate surface area is 120 Å². The van der Waals surface area contributed by atoms with Gasteiger partial charge in [-0.15, -0.1) is 0 Å². The fourth-order valence-corrected chi connectivity index (χ4v) is 3.02. The highest BCUT2D eigenvalue weighted by atomic mass is 35.5. The van der Waals surface area contributed by atoms with Crippen LogP contribution >= 0.6 is 11.6 Å². The first-order valence-electron chi connectivity index (χ1n) is 7.55. The summed E-state index contributed by atoms with van der Waals surface area (Å²) in [5, 5.41) is 10.1. The summed E-state index contributed by atoms with van der Waals surface area (Å²) in [5.41, 5.74) is 0. The molecule has 2 aliphatic rings.